The zero-order chi connectivity index (χ0) is 13.2. The second kappa shape index (κ2) is 4.97. The van der Waals surface area contributed by atoms with Gasteiger partial charge in [-0.25, -0.2) is 4.98 Å². The molecular formula is C15H17N3O. The Labute approximate surface area is 112 Å². The van der Waals surface area contributed by atoms with Crippen LogP contribution in [0.25, 0.3) is 0 Å². The third-order valence-electron chi connectivity index (χ3n) is 3.79. The maximum absolute atomic E-state index is 6.43. The molecule has 0 saturated carbocycles. The van der Waals surface area contributed by atoms with Gasteiger partial charge >= 0.3 is 0 Å². The minimum Gasteiger partial charge on any atom is -0.481 e. The van der Waals surface area contributed by atoms with Gasteiger partial charge < -0.3 is 10.5 Å². The van der Waals surface area contributed by atoms with E-state index >= 15 is 0 Å². The molecule has 0 aliphatic heterocycles. The van der Waals surface area contributed by atoms with Crippen LogP contribution in [0.5, 0.6) is 5.88 Å². The van der Waals surface area contributed by atoms with Crippen LogP contribution in [0.2, 0.25) is 0 Å². The monoisotopic (exact) mass is 255 g/mol. The van der Waals surface area contributed by atoms with E-state index in [4.69, 9.17) is 10.5 Å². The smallest absolute Gasteiger partial charge is 0.217 e. The fraction of sp³-hybridized carbons (Fsp3) is 0.333. The molecule has 1 aliphatic rings. The van der Waals surface area contributed by atoms with Crippen LogP contribution in [-0.2, 0) is 6.42 Å². The number of nitrogens with zero attached hydrogens (tertiary/aromatic N) is 2. The Balaban J connectivity index is 1.95. The fourth-order valence-corrected chi connectivity index (χ4v) is 2.84. The highest BCUT2D eigenvalue weighted by atomic mass is 16.5. The van der Waals surface area contributed by atoms with Gasteiger partial charge in [-0.1, -0.05) is 12.1 Å². The van der Waals surface area contributed by atoms with Crippen molar-refractivity contribution in [1.29, 1.82) is 0 Å². The Bertz CT molecular complexity index is 585. The van der Waals surface area contributed by atoms with Crippen molar-refractivity contribution in [3.63, 3.8) is 0 Å². The third-order valence-corrected chi connectivity index (χ3v) is 3.79. The van der Waals surface area contributed by atoms with Crippen molar-refractivity contribution >= 4 is 0 Å². The van der Waals surface area contributed by atoms with Crippen molar-refractivity contribution in [2.45, 2.75) is 24.8 Å². The minimum absolute atomic E-state index is 0.125. The van der Waals surface area contributed by atoms with Gasteiger partial charge in [0.1, 0.15) is 0 Å². The highest BCUT2D eigenvalue weighted by molar-refractivity contribution is 5.36. The Morgan fingerprint density at radius 3 is 2.89 bits per heavy atom. The molecule has 19 heavy (non-hydrogen) atoms. The SMILES string of the molecule is COc1ncccc1C(N)C1CCc2cccnc21. The predicted octanol–water partition coefficient (Wildman–Crippen LogP) is 2.21. The van der Waals surface area contributed by atoms with Crippen molar-refractivity contribution < 1.29 is 4.74 Å². The number of methoxy groups -OCH3 is 1. The average molecular weight is 255 g/mol. The first-order valence-corrected chi connectivity index (χ1v) is 6.49. The molecule has 0 bridgehead atoms. The van der Waals surface area contributed by atoms with E-state index in [2.05, 4.69) is 16.0 Å². The quantitative estimate of drug-likeness (QED) is 0.913. The number of aryl methyl sites for hydroxylation is 1. The topological polar surface area (TPSA) is 61.0 Å². The Morgan fingerprint density at radius 2 is 2.05 bits per heavy atom. The van der Waals surface area contributed by atoms with Crippen molar-refractivity contribution in [2.24, 2.45) is 5.73 Å². The number of nitrogens with two attached hydrogens (primary N) is 1. The van der Waals surface area contributed by atoms with Crippen molar-refractivity contribution in [3.8, 4) is 5.88 Å². The van der Waals surface area contributed by atoms with E-state index in [1.165, 1.54) is 5.56 Å². The number of ether oxygens (including phenoxy) is 1. The first kappa shape index (κ1) is 12.1. The molecule has 98 valence electrons. The van der Waals surface area contributed by atoms with Crippen LogP contribution in [-0.4, -0.2) is 17.1 Å². The summed E-state index contributed by atoms with van der Waals surface area (Å²) >= 11 is 0. The van der Waals surface area contributed by atoms with Gasteiger partial charge in [-0.05, 0) is 30.5 Å². The summed E-state index contributed by atoms with van der Waals surface area (Å²) in [5, 5.41) is 0. The van der Waals surface area contributed by atoms with E-state index in [0.717, 1.165) is 24.1 Å². The first-order chi connectivity index (χ1) is 9.31. The zero-order valence-electron chi connectivity index (χ0n) is 10.9. The van der Waals surface area contributed by atoms with Gasteiger partial charge in [-0.15, -0.1) is 0 Å². The normalized spacial score (nSPS) is 18.9. The number of pyridine rings is 2. The molecule has 2 aromatic heterocycles. The summed E-state index contributed by atoms with van der Waals surface area (Å²) < 4.78 is 5.30. The Morgan fingerprint density at radius 1 is 1.26 bits per heavy atom. The van der Waals surface area contributed by atoms with E-state index < -0.39 is 0 Å². The van der Waals surface area contributed by atoms with E-state index in [-0.39, 0.29) is 12.0 Å². The number of fused-ring (bicyclic) bond motifs is 1. The minimum atomic E-state index is -0.125. The highest BCUT2D eigenvalue weighted by Gasteiger charge is 2.31. The van der Waals surface area contributed by atoms with Crippen LogP contribution in [0.3, 0.4) is 0 Å². The Hall–Kier alpha value is -1.94. The molecule has 2 unspecified atom stereocenters. The van der Waals surface area contributed by atoms with Gasteiger partial charge in [0.2, 0.25) is 5.88 Å². The highest BCUT2D eigenvalue weighted by Crippen LogP contribution is 2.40. The second-order valence-electron chi connectivity index (χ2n) is 4.82. The molecule has 3 rings (SSSR count). The second-order valence-corrected chi connectivity index (χ2v) is 4.82. The molecule has 0 fully saturated rings. The molecule has 0 aromatic carbocycles. The van der Waals surface area contributed by atoms with Crippen LogP contribution in [0.15, 0.2) is 36.7 Å². The molecule has 2 atom stereocenters. The molecule has 2 aromatic rings. The number of hydrogen-bond donors (Lipinski definition) is 1. The zero-order valence-corrected chi connectivity index (χ0v) is 10.9. The van der Waals surface area contributed by atoms with Gasteiger partial charge in [-0.2, -0.15) is 0 Å². The lowest BCUT2D eigenvalue weighted by Crippen LogP contribution is -2.20. The van der Waals surface area contributed by atoms with E-state index in [1.807, 2.05) is 24.4 Å². The van der Waals surface area contributed by atoms with Crippen LogP contribution in [0, 0.1) is 0 Å². The molecule has 0 saturated heterocycles. The predicted molar refractivity (Wildman–Crippen MR) is 73.0 cm³/mol. The summed E-state index contributed by atoms with van der Waals surface area (Å²) in [4.78, 5) is 8.72. The lowest BCUT2D eigenvalue weighted by atomic mass is 9.92. The van der Waals surface area contributed by atoms with Gasteiger partial charge in [0.15, 0.2) is 0 Å². The molecule has 0 amide bonds. The van der Waals surface area contributed by atoms with Gasteiger partial charge in [0, 0.05) is 35.6 Å². The summed E-state index contributed by atoms with van der Waals surface area (Å²) in [5.74, 6) is 0.855. The number of hydrogen-bond acceptors (Lipinski definition) is 4. The summed E-state index contributed by atoms with van der Waals surface area (Å²) in [7, 11) is 1.62. The molecule has 1 aliphatic carbocycles. The van der Waals surface area contributed by atoms with E-state index in [0.29, 0.717) is 5.88 Å². The summed E-state index contributed by atoms with van der Waals surface area (Å²) in [6, 6.07) is 7.87. The molecule has 0 spiro atoms. The van der Waals surface area contributed by atoms with Crippen molar-refractivity contribution in [3.05, 3.63) is 53.5 Å². The number of aromatic nitrogens is 2. The standard InChI is InChI=1S/C15H17N3O/c1-19-15-12(5-3-9-18-15)13(16)11-7-6-10-4-2-8-17-14(10)11/h2-5,8-9,11,13H,6-7,16H2,1H3. The van der Waals surface area contributed by atoms with Crippen LogP contribution in [0.4, 0.5) is 0 Å². The molecular weight excluding hydrogens is 238 g/mol. The van der Waals surface area contributed by atoms with Crippen LogP contribution >= 0.6 is 0 Å². The summed E-state index contributed by atoms with van der Waals surface area (Å²) in [6.07, 6.45) is 5.63. The van der Waals surface area contributed by atoms with Gasteiger partial charge in [-0.3, -0.25) is 4.98 Å². The lowest BCUT2D eigenvalue weighted by Gasteiger charge is -2.21. The van der Waals surface area contributed by atoms with E-state index in [1.54, 1.807) is 13.3 Å². The average Bonchev–Trinajstić information content (AvgIpc) is 2.90. The maximum Gasteiger partial charge on any atom is 0.217 e. The fourth-order valence-electron chi connectivity index (χ4n) is 2.84. The van der Waals surface area contributed by atoms with Gasteiger partial charge in [0.25, 0.3) is 0 Å². The third kappa shape index (κ3) is 2.08. The molecule has 2 N–H and O–H groups in total. The largest absolute Gasteiger partial charge is 0.481 e. The number of rotatable bonds is 3. The van der Waals surface area contributed by atoms with Crippen LogP contribution < -0.4 is 10.5 Å². The van der Waals surface area contributed by atoms with E-state index in [9.17, 15) is 0 Å². The van der Waals surface area contributed by atoms with Crippen LogP contribution in [0.1, 0.15) is 35.2 Å². The molecule has 0 radical (unpaired) electrons. The van der Waals surface area contributed by atoms with Gasteiger partial charge in [0.05, 0.1) is 7.11 Å². The Kier molecular flexibility index (Phi) is 3.17. The summed E-state index contributed by atoms with van der Waals surface area (Å²) in [5.41, 5.74) is 9.82. The maximum atomic E-state index is 6.43. The molecule has 2 heterocycles. The molecule has 4 heteroatoms. The van der Waals surface area contributed by atoms with Crippen molar-refractivity contribution in [1.82, 2.24) is 9.97 Å². The first-order valence-electron chi connectivity index (χ1n) is 6.49. The van der Waals surface area contributed by atoms with Crippen molar-refractivity contribution in [2.75, 3.05) is 7.11 Å². The molecule has 4 nitrogen and oxygen atoms in total. The summed E-state index contributed by atoms with van der Waals surface area (Å²) in [6.45, 7) is 0. The lowest BCUT2D eigenvalue weighted by molar-refractivity contribution is 0.383.